The summed E-state index contributed by atoms with van der Waals surface area (Å²) < 4.78 is 7.15. The maximum absolute atomic E-state index is 11.8. The fourth-order valence-electron chi connectivity index (χ4n) is 6.45. The highest BCUT2D eigenvalue weighted by Gasteiger charge is 2.45. The first kappa shape index (κ1) is 25.1. The van der Waals surface area contributed by atoms with Gasteiger partial charge in [-0.15, -0.1) is 0 Å². The molecule has 0 unspecified atom stereocenters. The van der Waals surface area contributed by atoms with Crippen LogP contribution in [0.25, 0.3) is 34.1 Å². The van der Waals surface area contributed by atoms with Gasteiger partial charge in [0.1, 0.15) is 17.0 Å². The van der Waals surface area contributed by atoms with Crippen LogP contribution >= 0.6 is 11.6 Å². The molecule has 2 aliphatic rings. The third-order valence-corrected chi connectivity index (χ3v) is 8.98. The summed E-state index contributed by atoms with van der Waals surface area (Å²) in [5, 5.41) is 4.36. The summed E-state index contributed by atoms with van der Waals surface area (Å²) in [5.41, 5.74) is 3.90. The van der Waals surface area contributed by atoms with Gasteiger partial charge in [0.05, 0.1) is 10.4 Å². The number of nitrogens with zero attached hydrogens (tertiary/aromatic N) is 6. The molecule has 2 saturated carbocycles. The first-order valence-corrected chi connectivity index (χ1v) is 14.4. The first-order chi connectivity index (χ1) is 19.5. The fraction of sp³-hybridized carbons (Fsp3) is 0.400. The van der Waals surface area contributed by atoms with Crippen molar-refractivity contribution in [2.75, 3.05) is 0 Å². The minimum Gasteiger partial charge on any atom is -0.324 e. The molecule has 2 fully saturated rings. The van der Waals surface area contributed by atoms with Gasteiger partial charge >= 0.3 is 5.76 Å². The van der Waals surface area contributed by atoms with E-state index in [9.17, 15) is 4.79 Å². The summed E-state index contributed by atoms with van der Waals surface area (Å²) in [6, 6.07) is 12.5. The van der Waals surface area contributed by atoms with Gasteiger partial charge < -0.3 is 4.57 Å². The second-order valence-corrected chi connectivity index (χ2v) is 11.8. The largest absolute Gasteiger partial charge is 0.439 e. The molecule has 9 nitrogen and oxygen atoms in total. The molecule has 5 aromatic rings. The number of H-pyrrole nitrogens is 1. The van der Waals surface area contributed by atoms with Crippen LogP contribution < -0.4 is 5.76 Å². The SMILES string of the molecule is CC1CCC(Cn2c(C3(c4ccccc4)CCC3)nc3nc(-c4noc(=O)[nH]4)nc(-c4cncc(Cl)c4)c32)CC1. The Morgan fingerprint density at radius 1 is 1.07 bits per heavy atom. The number of pyridine rings is 1. The van der Waals surface area contributed by atoms with Crippen LogP contribution in [0.1, 0.15) is 63.3 Å². The topological polar surface area (TPSA) is 115 Å². The smallest absolute Gasteiger partial charge is 0.324 e. The molecule has 2 aliphatic carbocycles. The molecule has 4 heterocycles. The van der Waals surface area contributed by atoms with E-state index in [4.69, 9.17) is 31.1 Å². The summed E-state index contributed by atoms with van der Waals surface area (Å²) >= 11 is 6.40. The van der Waals surface area contributed by atoms with Crippen LogP contribution in [-0.2, 0) is 12.0 Å². The Kier molecular flexibility index (Phi) is 6.26. The van der Waals surface area contributed by atoms with E-state index in [1.807, 2.05) is 6.07 Å². The Morgan fingerprint density at radius 3 is 2.55 bits per heavy atom. The second-order valence-electron chi connectivity index (χ2n) is 11.4. The van der Waals surface area contributed by atoms with E-state index in [0.717, 1.165) is 48.6 Å². The monoisotopic (exact) mass is 555 g/mol. The van der Waals surface area contributed by atoms with Crippen LogP contribution in [0.4, 0.5) is 0 Å². The highest BCUT2D eigenvalue weighted by Crippen LogP contribution is 2.50. The van der Waals surface area contributed by atoms with Gasteiger partial charge in [-0.05, 0) is 49.1 Å². The van der Waals surface area contributed by atoms with Gasteiger partial charge in [0.2, 0.25) is 11.6 Å². The molecule has 10 heteroatoms. The van der Waals surface area contributed by atoms with Crippen LogP contribution in [0.5, 0.6) is 0 Å². The van der Waals surface area contributed by atoms with Crippen molar-refractivity contribution in [3.05, 3.63) is 75.8 Å². The molecule has 4 aromatic heterocycles. The van der Waals surface area contributed by atoms with Crippen LogP contribution in [0, 0.1) is 11.8 Å². The Morgan fingerprint density at radius 2 is 1.88 bits per heavy atom. The predicted molar refractivity (Wildman–Crippen MR) is 152 cm³/mol. The lowest BCUT2D eigenvalue weighted by Gasteiger charge is -2.42. The third kappa shape index (κ3) is 4.33. The molecular formula is C30H30ClN7O2. The molecule has 0 amide bonds. The van der Waals surface area contributed by atoms with Gasteiger partial charge in [-0.3, -0.25) is 14.5 Å². The number of aromatic nitrogens is 7. The van der Waals surface area contributed by atoms with Gasteiger partial charge in [-0.25, -0.2) is 19.7 Å². The van der Waals surface area contributed by atoms with Crippen molar-refractivity contribution in [2.45, 2.75) is 63.8 Å². The zero-order chi connectivity index (χ0) is 27.3. The highest BCUT2D eigenvalue weighted by molar-refractivity contribution is 6.30. The molecule has 0 aliphatic heterocycles. The summed E-state index contributed by atoms with van der Waals surface area (Å²) in [4.78, 5) is 33.7. The van der Waals surface area contributed by atoms with E-state index in [2.05, 4.69) is 56.9 Å². The first-order valence-electron chi connectivity index (χ1n) is 14.0. The number of hydrogen-bond donors (Lipinski definition) is 1. The number of aromatic amines is 1. The third-order valence-electron chi connectivity index (χ3n) is 8.77. The molecule has 1 N–H and O–H groups in total. The summed E-state index contributed by atoms with van der Waals surface area (Å²) in [6.45, 7) is 3.19. The molecular weight excluding hydrogens is 526 g/mol. The van der Waals surface area contributed by atoms with Gasteiger partial charge in [0, 0.05) is 24.5 Å². The molecule has 7 rings (SSSR count). The van der Waals surface area contributed by atoms with E-state index in [1.54, 1.807) is 12.4 Å². The number of imidazole rings is 1. The standard InChI is InChI=1S/C30H30ClN7O2/c1-18-8-10-19(11-9-18)17-38-24-23(20-14-22(31)16-32-15-20)33-26(27-36-29(39)40-37-27)34-25(24)35-28(38)30(12-5-13-30)21-6-3-2-4-7-21/h2-4,6-7,14-16,18-19H,5,8-13,17H2,1H3,(H,36,37,39). The van der Waals surface area contributed by atoms with Crippen LogP contribution in [-0.4, -0.2) is 34.6 Å². The second kappa shape index (κ2) is 9.96. The van der Waals surface area contributed by atoms with Crippen molar-refractivity contribution in [1.29, 1.82) is 0 Å². The van der Waals surface area contributed by atoms with E-state index in [-0.39, 0.29) is 17.1 Å². The minimum atomic E-state index is -0.667. The highest BCUT2D eigenvalue weighted by atomic mass is 35.5. The Hall–Kier alpha value is -3.85. The Labute approximate surface area is 236 Å². The van der Waals surface area contributed by atoms with E-state index in [0.29, 0.717) is 22.3 Å². The number of rotatable bonds is 6. The molecule has 40 heavy (non-hydrogen) atoms. The van der Waals surface area contributed by atoms with Crippen molar-refractivity contribution in [3.63, 3.8) is 0 Å². The summed E-state index contributed by atoms with van der Waals surface area (Å²) in [6.07, 6.45) is 11.4. The van der Waals surface area contributed by atoms with E-state index in [1.165, 1.54) is 31.2 Å². The van der Waals surface area contributed by atoms with Gasteiger partial charge in [-0.2, -0.15) is 0 Å². The normalized spacial score (nSPS) is 20.4. The van der Waals surface area contributed by atoms with E-state index < -0.39 is 5.76 Å². The fourth-order valence-corrected chi connectivity index (χ4v) is 6.63. The predicted octanol–water partition coefficient (Wildman–Crippen LogP) is 6.18. The molecule has 1 aromatic carbocycles. The zero-order valence-electron chi connectivity index (χ0n) is 22.3. The Balaban J connectivity index is 1.50. The lowest BCUT2D eigenvalue weighted by atomic mass is 9.63. The van der Waals surface area contributed by atoms with Gasteiger partial charge in [0.25, 0.3) is 0 Å². The molecule has 204 valence electrons. The molecule has 0 saturated heterocycles. The van der Waals surface area contributed by atoms with Crippen LogP contribution in [0.2, 0.25) is 5.02 Å². The number of nitrogens with one attached hydrogen (secondary N) is 1. The average Bonchev–Trinajstić information content (AvgIpc) is 3.53. The maximum atomic E-state index is 11.8. The van der Waals surface area contributed by atoms with Crippen molar-refractivity contribution in [3.8, 4) is 22.9 Å². The minimum absolute atomic E-state index is 0.155. The molecule has 0 radical (unpaired) electrons. The number of benzene rings is 1. The van der Waals surface area contributed by atoms with Gasteiger partial charge in [-0.1, -0.05) is 73.3 Å². The van der Waals surface area contributed by atoms with Crippen molar-refractivity contribution in [2.24, 2.45) is 11.8 Å². The number of hydrogen-bond acceptors (Lipinski definition) is 7. The van der Waals surface area contributed by atoms with Crippen molar-refractivity contribution in [1.82, 2.24) is 34.6 Å². The lowest BCUT2D eigenvalue weighted by molar-refractivity contribution is 0.242. The molecule has 0 atom stereocenters. The Bertz CT molecular complexity index is 1730. The zero-order valence-corrected chi connectivity index (χ0v) is 23.1. The number of halogens is 1. The summed E-state index contributed by atoms with van der Waals surface area (Å²) in [7, 11) is 0. The summed E-state index contributed by atoms with van der Waals surface area (Å²) in [5.74, 6) is 2.05. The number of fused-ring (bicyclic) bond motifs is 1. The lowest BCUT2D eigenvalue weighted by Crippen LogP contribution is -2.39. The molecule has 0 bridgehead atoms. The quantitative estimate of drug-likeness (QED) is 0.266. The van der Waals surface area contributed by atoms with E-state index >= 15 is 0 Å². The van der Waals surface area contributed by atoms with Gasteiger partial charge in [0.15, 0.2) is 5.65 Å². The maximum Gasteiger partial charge on any atom is 0.439 e. The van der Waals surface area contributed by atoms with Crippen molar-refractivity contribution < 1.29 is 4.52 Å². The average molecular weight is 556 g/mol. The van der Waals surface area contributed by atoms with Crippen molar-refractivity contribution >= 4 is 22.8 Å². The molecule has 0 spiro atoms. The van der Waals surface area contributed by atoms with Crippen LogP contribution in [0.3, 0.4) is 0 Å². The van der Waals surface area contributed by atoms with Crippen LogP contribution in [0.15, 0.2) is 58.1 Å².